The fraction of sp³-hybridized carbons (Fsp3) is 0.0769. The number of carbonyl (C=O) groups excluding carboxylic acids is 1. The molecule has 7 heteroatoms. The molecule has 3 heterocycles. The number of aromatic nitrogens is 3. The van der Waals surface area contributed by atoms with Gasteiger partial charge in [0.2, 0.25) is 11.9 Å². The average Bonchev–Trinajstić information content (AvgIpc) is 3.10. The molecule has 3 aromatic rings. The van der Waals surface area contributed by atoms with E-state index in [9.17, 15) is 4.79 Å². The molecule has 5 nitrogen and oxygen atoms in total. The molecule has 0 spiro atoms. The Morgan fingerprint density at radius 1 is 1.20 bits per heavy atom. The van der Waals surface area contributed by atoms with Crippen LogP contribution in [0.15, 0.2) is 41.4 Å². The smallest absolute Gasteiger partial charge is 0.232 e. The summed E-state index contributed by atoms with van der Waals surface area (Å²) in [6.45, 7) is 0. The molecular weight excluding hydrogens is 292 g/mol. The van der Waals surface area contributed by atoms with Crippen molar-refractivity contribution >= 4 is 34.5 Å². The Bertz CT molecular complexity index is 694. The van der Waals surface area contributed by atoms with Crippen LogP contribution in [0.5, 0.6) is 0 Å². The van der Waals surface area contributed by atoms with Crippen molar-refractivity contribution < 1.29 is 4.79 Å². The molecule has 0 atom stereocenters. The second-order valence-corrected chi connectivity index (χ2v) is 5.72. The molecule has 0 aliphatic rings. The van der Waals surface area contributed by atoms with Gasteiger partial charge in [0.25, 0.3) is 0 Å². The van der Waals surface area contributed by atoms with Crippen LogP contribution in [0.2, 0.25) is 0 Å². The van der Waals surface area contributed by atoms with E-state index < -0.39 is 0 Å². The summed E-state index contributed by atoms with van der Waals surface area (Å²) in [7, 11) is 0. The average molecular weight is 302 g/mol. The Hall–Kier alpha value is -2.12. The van der Waals surface area contributed by atoms with Gasteiger partial charge < -0.3 is 0 Å². The summed E-state index contributed by atoms with van der Waals surface area (Å²) in [5.41, 5.74) is 0.756. The van der Waals surface area contributed by atoms with E-state index in [2.05, 4.69) is 20.3 Å². The monoisotopic (exact) mass is 302 g/mol. The third-order valence-electron chi connectivity index (χ3n) is 2.44. The van der Waals surface area contributed by atoms with Crippen LogP contribution >= 0.6 is 22.7 Å². The molecular formula is C13H10N4OS2. The summed E-state index contributed by atoms with van der Waals surface area (Å²) in [6, 6.07) is 5.70. The van der Waals surface area contributed by atoms with Crippen molar-refractivity contribution in [2.75, 3.05) is 5.32 Å². The molecule has 0 fully saturated rings. The van der Waals surface area contributed by atoms with Gasteiger partial charge in [0.1, 0.15) is 5.01 Å². The van der Waals surface area contributed by atoms with Crippen LogP contribution in [0, 0.1) is 0 Å². The molecule has 0 unspecified atom stereocenters. The van der Waals surface area contributed by atoms with Crippen LogP contribution in [0.4, 0.5) is 5.95 Å². The Morgan fingerprint density at radius 2 is 2.05 bits per heavy atom. The van der Waals surface area contributed by atoms with E-state index in [1.165, 1.54) is 0 Å². The number of thiophene rings is 1. The van der Waals surface area contributed by atoms with Crippen LogP contribution in [-0.2, 0) is 11.2 Å². The summed E-state index contributed by atoms with van der Waals surface area (Å²) < 4.78 is 0. The summed E-state index contributed by atoms with van der Waals surface area (Å²) in [4.78, 5) is 25.3. The van der Waals surface area contributed by atoms with Gasteiger partial charge in [-0.05, 0) is 17.5 Å². The molecule has 0 saturated heterocycles. The highest BCUT2D eigenvalue weighted by molar-refractivity contribution is 7.20. The van der Waals surface area contributed by atoms with Crippen LogP contribution in [0.25, 0.3) is 9.88 Å². The van der Waals surface area contributed by atoms with Gasteiger partial charge >= 0.3 is 0 Å². The first kappa shape index (κ1) is 12.9. The van der Waals surface area contributed by atoms with E-state index in [1.54, 1.807) is 41.1 Å². The van der Waals surface area contributed by atoms with Crippen molar-refractivity contribution in [3.05, 3.63) is 47.0 Å². The van der Waals surface area contributed by atoms with Crippen molar-refractivity contribution in [3.63, 3.8) is 0 Å². The van der Waals surface area contributed by atoms with Crippen molar-refractivity contribution in [3.8, 4) is 9.88 Å². The summed E-state index contributed by atoms with van der Waals surface area (Å²) in [5, 5.41) is 7.50. The Morgan fingerprint density at radius 3 is 2.80 bits per heavy atom. The molecule has 0 aliphatic carbocycles. The fourth-order valence-corrected chi connectivity index (χ4v) is 3.23. The van der Waals surface area contributed by atoms with Crippen molar-refractivity contribution in [2.45, 2.75) is 6.42 Å². The molecule has 0 aliphatic heterocycles. The van der Waals surface area contributed by atoms with Gasteiger partial charge in [-0.2, -0.15) is 0 Å². The molecule has 0 aromatic carbocycles. The first-order chi connectivity index (χ1) is 9.81. The fourth-order valence-electron chi connectivity index (χ4n) is 1.60. The number of amides is 1. The van der Waals surface area contributed by atoms with Crippen molar-refractivity contribution in [1.82, 2.24) is 15.0 Å². The van der Waals surface area contributed by atoms with Crippen molar-refractivity contribution in [2.24, 2.45) is 0 Å². The Labute approximate surface area is 123 Å². The maximum absolute atomic E-state index is 11.9. The van der Waals surface area contributed by atoms with Gasteiger partial charge in [-0.25, -0.2) is 15.0 Å². The SMILES string of the molecule is O=C(Cc1csc(-c2cccs2)n1)Nc1ncccn1. The van der Waals surface area contributed by atoms with E-state index in [1.807, 2.05) is 22.9 Å². The van der Waals surface area contributed by atoms with Gasteiger partial charge in [-0.3, -0.25) is 10.1 Å². The summed E-state index contributed by atoms with van der Waals surface area (Å²) in [6.07, 6.45) is 3.39. The molecule has 0 saturated carbocycles. The van der Waals surface area contributed by atoms with E-state index in [4.69, 9.17) is 0 Å². The standard InChI is InChI=1S/C13H10N4OS2/c18-11(17-13-14-4-2-5-15-13)7-9-8-20-12(16-9)10-3-1-6-19-10/h1-6,8H,7H2,(H,14,15,17,18). The number of anilines is 1. The quantitative estimate of drug-likeness (QED) is 0.804. The minimum atomic E-state index is -0.167. The maximum Gasteiger partial charge on any atom is 0.232 e. The lowest BCUT2D eigenvalue weighted by atomic mass is 10.3. The van der Waals surface area contributed by atoms with Crippen LogP contribution in [0.3, 0.4) is 0 Å². The lowest BCUT2D eigenvalue weighted by molar-refractivity contribution is -0.115. The Balaban J connectivity index is 1.65. The van der Waals surface area contributed by atoms with Crippen molar-refractivity contribution in [1.29, 1.82) is 0 Å². The zero-order chi connectivity index (χ0) is 13.8. The normalized spacial score (nSPS) is 10.4. The highest BCUT2D eigenvalue weighted by Gasteiger charge is 2.10. The predicted octanol–water partition coefficient (Wildman–Crippen LogP) is 2.84. The summed E-state index contributed by atoms with van der Waals surface area (Å²) >= 11 is 3.18. The van der Waals surface area contributed by atoms with E-state index in [-0.39, 0.29) is 12.3 Å². The molecule has 3 rings (SSSR count). The highest BCUT2D eigenvalue weighted by atomic mass is 32.1. The minimum Gasteiger partial charge on any atom is -0.294 e. The maximum atomic E-state index is 11.9. The predicted molar refractivity (Wildman–Crippen MR) is 79.8 cm³/mol. The number of carbonyl (C=O) groups is 1. The zero-order valence-corrected chi connectivity index (χ0v) is 11.9. The Kier molecular flexibility index (Phi) is 3.80. The first-order valence-corrected chi connectivity index (χ1v) is 7.62. The number of hydrogen-bond acceptors (Lipinski definition) is 6. The van der Waals surface area contributed by atoms with Gasteiger partial charge in [-0.15, -0.1) is 22.7 Å². The number of nitrogens with zero attached hydrogens (tertiary/aromatic N) is 3. The largest absolute Gasteiger partial charge is 0.294 e. The molecule has 20 heavy (non-hydrogen) atoms. The zero-order valence-electron chi connectivity index (χ0n) is 10.3. The minimum absolute atomic E-state index is 0.167. The second-order valence-electron chi connectivity index (χ2n) is 3.92. The van der Waals surface area contributed by atoms with Gasteiger partial charge in [0.05, 0.1) is 17.0 Å². The third-order valence-corrected chi connectivity index (χ3v) is 4.37. The molecule has 3 aromatic heterocycles. The van der Waals surface area contributed by atoms with E-state index in [0.717, 1.165) is 15.6 Å². The van der Waals surface area contributed by atoms with E-state index >= 15 is 0 Å². The number of thiazole rings is 1. The van der Waals surface area contributed by atoms with E-state index in [0.29, 0.717) is 5.95 Å². The lowest BCUT2D eigenvalue weighted by Gasteiger charge is -2.00. The number of rotatable bonds is 4. The summed E-state index contributed by atoms with van der Waals surface area (Å²) in [5.74, 6) is 0.144. The number of hydrogen-bond donors (Lipinski definition) is 1. The number of nitrogens with one attached hydrogen (secondary N) is 1. The third kappa shape index (κ3) is 3.06. The molecule has 0 radical (unpaired) electrons. The van der Waals surface area contributed by atoms with Crippen LogP contribution in [-0.4, -0.2) is 20.9 Å². The molecule has 1 amide bonds. The van der Waals surface area contributed by atoms with Crippen LogP contribution < -0.4 is 5.32 Å². The highest BCUT2D eigenvalue weighted by Crippen LogP contribution is 2.27. The molecule has 1 N–H and O–H groups in total. The molecule has 0 bridgehead atoms. The van der Waals surface area contributed by atoms with Crippen LogP contribution in [0.1, 0.15) is 5.69 Å². The molecule has 100 valence electrons. The topological polar surface area (TPSA) is 67.8 Å². The van der Waals surface area contributed by atoms with Gasteiger partial charge in [0.15, 0.2) is 0 Å². The lowest BCUT2D eigenvalue weighted by Crippen LogP contribution is -2.16. The van der Waals surface area contributed by atoms with Gasteiger partial charge in [0, 0.05) is 17.8 Å². The second kappa shape index (κ2) is 5.89. The first-order valence-electron chi connectivity index (χ1n) is 5.86. The van der Waals surface area contributed by atoms with Gasteiger partial charge in [-0.1, -0.05) is 6.07 Å².